The van der Waals surface area contributed by atoms with E-state index < -0.39 is 0 Å². The van der Waals surface area contributed by atoms with Gasteiger partial charge in [0, 0.05) is 32.1 Å². The highest BCUT2D eigenvalue weighted by Gasteiger charge is 2.35. The molecule has 1 amide bonds. The van der Waals surface area contributed by atoms with Gasteiger partial charge in [0.25, 0.3) is 0 Å². The number of rotatable bonds is 7. The fourth-order valence-electron chi connectivity index (χ4n) is 2.61. The first-order valence-corrected chi connectivity index (χ1v) is 7.48. The van der Waals surface area contributed by atoms with Gasteiger partial charge in [-0.05, 0) is 37.2 Å². The Kier molecular flexibility index (Phi) is 4.03. The first-order valence-electron chi connectivity index (χ1n) is 7.48. The Morgan fingerprint density at radius 1 is 1.57 bits per heavy atom. The summed E-state index contributed by atoms with van der Waals surface area (Å²) in [5, 5.41) is 9.85. The molecule has 0 saturated heterocycles. The summed E-state index contributed by atoms with van der Waals surface area (Å²) in [5.41, 5.74) is 1.14. The molecule has 0 radical (unpaired) electrons. The number of carbonyl (C=O) groups excluding carboxylic acids is 1. The van der Waals surface area contributed by atoms with E-state index in [0.717, 1.165) is 24.2 Å². The van der Waals surface area contributed by atoms with Crippen LogP contribution in [0.2, 0.25) is 0 Å². The van der Waals surface area contributed by atoms with Crippen LogP contribution in [-0.4, -0.2) is 25.7 Å². The van der Waals surface area contributed by atoms with Crippen molar-refractivity contribution < 1.29 is 4.79 Å². The molecular weight excluding hydrogens is 266 g/mol. The van der Waals surface area contributed by atoms with Crippen molar-refractivity contribution in [1.82, 2.24) is 25.1 Å². The summed E-state index contributed by atoms with van der Waals surface area (Å²) in [7, 11) is 1.97. The molecule has 2 N–H and O–H groups in total. The normalized spacial score (nSPS) is 15.9. The van der Waals surface area contributed by atoms with Gasteiger partial charge in [0.2, 0.25) is 5.91 Å². The number of hydrogen-bond acceptors (Lipinski definition) is 3. The second kappa shape index (κ2) is 6.11. The van der Waals surface area contributed by atoms with Crippen LogP contribution in [0.1, 0.15) is 43.1 Å². The number of aryl methyl sites for hydroxylation is 2. The number of aromatic nitrogens is 4. The number of nitrogens with zero attached hydrogens (tertiary/aromatic N) is 3. The van der Waals surface area contributed by atoms with Crippen molar-refractivity contribution in [1.29, 1.82) is 0 Å². The molecule has 1 aliphatic rings. The maximum atomic E-state index is 12.1. The molecule has 0 spiro atoms. The van der Waals surface area contributed by atoms with Crippen molar-refractivity contribution in [3.63, 3.8) is 0 Å². The Hall–Kier alpha value is -2.11. The van der Waals surface area contributed by atoms with Gasteiger partial charge in [-0.15, -0.1) is 0 Å². The summed E-state index contributed by atoms with van der Waals surface area (Å²) >= 11 is 0. The van der Waals surface area contributed by atoms with Crippen LogP contribution < -0.4 is 5.32 Å². The minimum Gasteiger partial charge on any atom is -0.346 e. The molecule has 1 atom stereocenters. The molecule has 112 valence electrons. The number of nitrogens with one attached hydrogen (secondary N) is 2. The highest BCUT2D eigenvalue weighted by Crippen LogP contribution is 2.40. The smallest absolute Gasteiger partial charge is 0.220 e. The summed E-state index contributed by atoms with van der Waals surface area (Å²) in [4.78, 5) is 16.5. The minimum atomic E-state index is 0.0615. The predicted octanol–water partition coefficient (Wildman–Crippen LogP) is 1.73. The van der Waals surface area contributed by atoms with Crippen molar-refractivity contribution in [3.05, 3.63) is 36.2 Å². The average molecular weight is 287 g/mol. The van der Waals surface area contributed by atoms with Gasteiger partial charge in [-0.1, -0.05) is 0 Å². The maximum Gasteiger partial charge on any atom is 0.220 e. The van der Waals surface area contributed by atoms with Crippen LogP contribution in [0, 0.1) is 5.92 Å². The molecule has 3 rings (SSSR count). The third kappa shape index (κ3) is 3.51. The number of H-pyrrole nitrogens is 1. The molecule has 2 aromatic heterocycles. The predicted molar refractivity (Wildman–Crippen MR) is 78.3 cm³/mol. The van der Waals surface area contributed by atoms with Gasteiger partial charge >= 0.3 is 0 Å². The molecule has 1 fully saturated rings. The molecule has 0 aliphatic heterocycles. The van der Waals surface area contributed by atoms with Gasteiger partial charge in [0.15, 0.2) is 0 Å². The molecule has 0 aromatic carbocycles. The molecular formula is C15H21N5O. The Labute approximate surface area is 124 Å². The number of carbonyl (C=O) groups is 1. The Morgan fingerprint density at radius 2 is 2.43 bits per heavy atom. The lowest BCUT2D eigenvalue weighted by molar-refractivity contribution is -0.122. The summed E-state index contributed by atoms with van der Waals surface area (Å²) in [6, 6.07) is 0.0615. The van der Waals surface area contributed by atoms with Crippen LogP contribution in [-0.2, 0) is 18.3 Å². The van der Waals surface area contributed by atoms with Crippen molar-refractivity contribution in [3.8, 4) is 0 Å². The fourth-order valence-corrected chi connectivity index (χ4v) is 2.61. The quantitative estimate of drug-likeness (QED) is 0.814. The number of aromatic amines is 1. The molecule has 6 nitrogen and oxygen atoms in total. The van der Waals surface area contributed by atoms with Gasteiger partial charge < -0.3 is 9.88 Å². The van der Waals surface area contributed by atoms with Crippen molar-refractivity contribution in [2.75, 3.05) is 0 Å². The lowest BCUT2D eigenvalue weighted by Crippen LogP contribution is -2.31. The zero-order valence-corrected chi connectivity index (χ0v) is 12.2. The molecule has 6 heteroatoms. The lowest BCUT2D eigenvalue weighted by atomic mass is 10.1. The van der Waals surface area contributed by atoms with E-state index in [9.17, 15) is 4.79 Å². The zero-order valence-electron chi connectivity index (χ0n) is 12.2. The van der Waals surface area contributed by atoms with Crippen LogP contribution in [0.15, 0.2) is 24.8 Å². The van der Waals surface area contributed by atoms with Gasteiger partial charge in [-0.25, -0.2) is 4.98 Å². The molecule has 21 heavy (non-hydrogen) atoms. The Bertz CT molecular complexity index is 585. The fraction of sp³-hybridized carbons (Fsp3) is 0.533. The van der Waals surface area contributed by atoms with E-state index in [0.29, 0.717) is 12.3 Å². The minimum absolute atomic E-state index is 0.0615. The van der Waals surface area contributed by atoms with Crippen LogP contribution in [0.25, 0.3) is 0 Å². The van der Waals surface area contributed by atoms with Gasteiger partial charge in [0.1, 0.15) is 5.82 Å². The van der Waals surface area contributed by atoms with Crippen LogP contribution in [0.5, 0.6) is 0 Å². The zero-order chi connectivity index (χ0) is 14.7. The number of amides is 1. The van der Waals surface area contributed by atoms with E-state index in [1.54, 1.807) is 12.4 Å². The Morgan fingerprint density at radius 3 is 3.05 bits per heavy atom. The number of hydrogen-bond donors (Lipinski definition) is 2. The van der Waals surface area contributed by atoms with E-state index in [1.807, 2.05) is 24.0 Å². The summed E-state index contributed by atoms with van der Waals surface area (Å²) in [6.45, 7) is 0. The number of imidazole rings is 1. The summed E-state index contributed by atoms with van der Waals surface area (Å²) in [6.07, 6.45) is 12.0. The highest BCUT2D eigenvalue weighted by atomic mass is 16.1. The van der Waals surface area contributed by atoms with Crippen molar-refractivity contribution in [2.45, 2.75) is 38.1 Å². The first kappa shape index (κ1) is 13.9. The molecule has 1 saturated carbocycles. The molecule has 2 heterocycles. The van der Waals surface area contributed by atoms with Crippen LogP contribution in [0.3, 0.4) is 0 Å². The third-order valence-electron chi connectivity index (χ3n) is 3.97. The monoisotopic (exact) mass is 287 g/mol. The maximum absolute atomic E-state index is 12.1. The second-order valence-electron chi connectivity index (χ2n) is 5.74. The van der Waals surface area contributed by atoms with Gasteiger partial charge in [-0.3, -0.25) is 9.89 Å². The van der Waals surface area contributed by atoms with Crippen LogP contribution >= 0.6 is 0 Å². The van der Waals surface area contributed by atoms with E-state index in [2.05, 4.69) is 20.5 Å². The average Bonchev–Trinajstić information content (AvgIpc) is 3.01. The lowest BCUT2D eigenvalue weighted by Gasteiger charge is -2.18. The Balaban J connectivity index is 1.51. The van der Waals surface area contributed by atoms with Gasteiger partial charge in [-0.2, -0.15) is 5.10 Å². The topological polar surface area (TPSA) is 75.6 Å². The molecule has 1 unspecified atom stereocenters. The van der Waals surface area contributed by atoms with E-state index in [-0.39, 0.29) is 11.9 Å². The summed E-state index contributed by atoms with van der Waals surface area (Å²) in [5.74, 6) is 1.61. The first-order chi connectivity index (χ1) is 10.2. The SMILES string of the molecule is Cn1ccnc1C(NC(=O)CCCc1cn[nH]c1)C1CC1. The van der Waals surface area contributed by atoms with Gasteiger partial charge in [0.05, 0.1) is 12.2 Å². The van der Waals surface area contributed by atoms with Crippen LogP contribution in [0.4, 0.5) is 0 Å². The second-order valence-corrected chi connectivity index (χ2v) is 5.74. The summed E-state index contributed by atoms with van der Waals surface area (Å²) < 4.78 is 1.99. The van der Waals surface area contributed by atoms with Crippen molar-refractivity contribution in [2.24, 2.45) is 13.0 Å². The highest BCUT2D eigenvalue weighted by molar-refractivity contribution is 5.76. The van der Waals surface area contributed by atoms with E-state index >= 15 is 0 Å². The van der Waals surface area contributed by atoms with E-state index in [1.165, 1.54) is 12.8 Å². The molecule has 0 bridgehead atoms. The third-order valence-corrected chi connectivity index (χ3v) is 3.97. The molecule has 2 aromatic rings. The standard InChI is InChI=1S/C15H21N5O/c1-20-8-7-16-15(20)14(12-5-6-12)19-13(21)4-2-3-11-9-17-18-10-11/h7-10,12,14H,2-6H2,1H3,(H,17,18)(H,19,21). The van der Waals surface area contributed by atoms with Crippen molar-refractivity contribution >= 4 is 5.91 Å². The molecule has 1 aliphatic carbocycles. The van der Waals surface area contributed by atoms with E-state index in [4.69, 9.17) is 0 Å². The largest absolute Gasteiger partial charge is 0.346 e.